The summed E-state index contributed by atoms with van der Waals surface area (Å²) in [5.41, 5.74) is 5.33. The van der Waals surface area contributed by atoms with E-state index in [4.69, 9.17) is 5.73 Å². The van der Waals surface area contributed by atoms with E-state index in [1.807, 2.05) is 4.90 Å². The Kier molecular flexibility index (Phi) is 5.50. The number of hydrogen-bond acceptors (Lipinski definition) is 2. The lowest BCUT2D eigenvalue weighted by atomic mass is 10.1. The van der Waals surface area contributed by atoms with Crippen LogP contribution in [0.3, 0.4) is 0 Å². The molecule has 0 aromatic rings. The monoisotopic (exact) mass is 222 g/mol. The molecule has 0 unspecified atom stereocenters. The number of nitrogens with two attached hydrogens (primary N) is 1. The van der Waals surface area contributed by atoms with Crippen LogP contribution >= 0.6 is 17.0 Å². The molecule has 1 heterocycles. The fourth-order valence-electron chi connectivity index (χ4n) is 1.25. The molecule has 1 rings (SSSR count). The summed E-state index contributed by atoms with van der Waals surface area (Å²) in [6, 6.07) is 0. The first-order chi connectivity index (χ1) is 4.84. The summed E-state index contributed by atoms with van der Waals surface area (Å²) in [5, 5.41) is 0. The topological polar surface area (TPSA) is 46.3 Å². The zero-order valence-electron chi connectivity index (χ0n) is 6.58. The van der Waals surface area contributed by atoms with E-state index < -0.39 is 0 Å². The SMILES string of the molecule is Br.NCCN1CCCCC1=O. The number of halogens is 1. The Balaban J connectivity index is 0.000001000. The Morgan fingerprint density at radius 1 is 1.45 bits per heavy atom. The standard InChI is InChI=1S/C7H14N2O.BrH/c8-4-6-9-5-2-1-3-7(9)10;/h1-6,8H2;1H. The molecular formula is C7H15BrN2O. The van der Waals surface area contributed by atoms with Gasteiger partial charge in [-0.25, -0.2) is 0 Å². The number of amides is 1. The fraction of sp³-hybridized carbons (Fsp3) is 0.857. The second-order valence-electron chi connectivity index (χ2n) is 2.63. The zero-order chi connectivity index (χ0) is 7.40. The average molecular weight is 223 g/mol. The van der Waals surface area contributed by atoms with E-state index >= 15 is 0 Å². The highest BCUT2D eigenvalue weighted by Crippen LogP contribution is 2.08. The molecule has 2 N–H and O–H groups in total. The van der Waals surface area contributed by atoms with E-state index in [1.165, 1.54) is 0 Å². The molecule has 1 fully saturated rings. The smallest absolute Gasteiger partial charge is 0.222 e. The minimum atomic E-state index is 0. The lowest BCUT2D eigenvalue weighted by Gasteiger charge is -2.25. The van der Waals surface area contributed by atoms with Gasteiger partial charge in [0.25, 0.3) is 0 Å². The largest absolute Gasteiger partial charge is 0.341 e. The Labute approximate surface area is 77.7 Å². The highest BCUT2D eigenvalue weighted by atomic mass is 79.9. The molecule has 0 spiro atoms. The molecule has 1 amide bonds. The molecule has 66 valence electrons. The maximum Gasteiger partial charge on any atom is 0.222 e. The van der Waals surface area contributed by atoms with Crippen molar-refractivity contribution in [3.63, 3.8) is 0 Å². The molecule has 0 bridgehead atoms. The van der Waals surface area contributed by atoms with Gasteiger partial charge in [0.2, 0.25) is 5.91 Å². The van der Waals surface area contributed by atoms with Crippen LogP contribution in [-0.4, -0.2) is 30.4 Å². The van der Waals surface area contributed by atoms with Gasteiger partial charge in [-0.2, -0.15) is 0 Å². The van der Waals surface area contributed by atoms with Crippen molar-refractivity contribution in [1.29, 1.82) is 0 Å². The average Bonchev–Trinajstić information content (AvgIpc) is 1.94. The molecule has 1 aliphatic rings. The third-order valence-corrected chi connectivity index (χ3v) is 1.82. The van der Waals surface area contributed by atoms with Gasteiger partial charge in [0.15, 0.2) is 0 Å². The number of rotatable bonds is 2. The van der Waals surface area contributed by atoms with Crippen molar-refractivity contribution in [2.24, 2.45) is 5.73 Å². The minimum absolute atomic E-state index is 0. The lowest BCUT2D eigenvalue weighted by molar-refractivity contribution is -0.133. The van der Waals surface area contributed by atoms with E-state index in [1.54, 1.807) is 0 Å². The summed E-state index contributed by atoms with van der Waals surface area (Å²) in [5.74, 6) is 0.275. The molecule has 3 nitrogen and oxygen atoms in total. The maximum absolute atomic E-state index is 11.1. The van der Waals surface area contributed by atoms with Crippen molar-refractivity contribution in [2.75, 3.05) is 19.6 Å². The summed E-state index contributed by atoms with van der Waals surface area (Å²) in [4.78, 5) is 12.9. The van der Waals surface area contributed by atoms with Crippen LogP contribution in [0.1, 0.15) is 19.3 Å². The summed E-state index contributed by atoms with van der Waals surface area (Å²) in [6.45, 7) is 2.24. The van der Waals surface area contributed by atoms with Gasteiger partial charge in [-0.3, -0.25) is 4.79 Å². The van der Waals surface area contributed by atoms with Crippen LogP contribution in [0, 0.1) is 0 Å². The van der Waals surface area contributed by atoms with Gasteiger partial charge < -0.3 is 10.6 Å². The van der Waals surface area contributed by atoms with E-state index in [9.17, 15) is 4.79 Å². The highest BCUT2D eigenvalue weighted by molar-refractivity contribution is 8.93. The molecule has 0 aromatic carbocycles. The van der Waals surface area contributed by atoms with E-state index in [0.29, 0.717) is 6.54 Å². The van der Waals surface area contributed by atoms with Crippen molar-refractivity contribution >= 4 is 22.9 Å². The summed E-state index contributed by atoms with van der Waals surface area (Å²) in [7, 11) is 0. The number of carbonyl (C=O) groups is 1. The van der Waals surface area contributed by atoms with Crippen LogP contribution in [0.15, 0.2) is 0 Å². The van der Waals surface area contributed by atoms with Gasteiger partial charge in [-0.05, 0) is 12.8 Å². The van der Waals surface area contributed by atoms with Gasteiger partial charge in [-0.15, -0.1) is 17.0 Å². The molecule has 0 aliphatic carbocycles. The van der Waals surface area contributed by atoms with Crippen LogP contribution in [0.5, 0.6) is 0 Å². The van der Waals surface area contributed by atoms with Crippen LogP contribution in [0.4, 0.5) is 0 Å². The molecule has 0 saturated carbocycles. The van der Waals surface area contributed by atoms with Gasteiger partial charge in [0.05, 0.1) is 0 Å². The van der Waals surface area contributed by atoms with Crippen molar-refractivity contribution in [3.05, 3.63) is 0 Å². The first kappa shape index (κ1) is 10.9. The Bertz CT molecular complexity index is 128. The third-order valence-electron chi connectivity index (χ3n) is 1.82. The summed E-state index contributed by atoms with van der Waals surface area (Å²) >= 11 is 0. The number of nitrogens with zero attached hydrogens (tertiary/aromatic N) is 1. The second-order valence-corrected chi connectivity index (χ2v) is 2.63. The predicted molar refractivity (Wildman–Crippen MR) is 49.8 cm³/mol. The Morgan fingerprint density at radius 2 is 2.18 bits per heavy atom. The first-order valence-corrected chi connectivity index (χ1v) is 3.82. The van der Waals surface area contributed by atoms with E-state index in [2.05, 4.69) is 0 Å². The van der Waals surface area contributed by atoms with Crippen molar-refractivity contribution in [3.8, 4) is 0 Å². The fourth-order valence-corrected chi connectivity index (χ4v) is 1.25. The number of carbonyl (C=O) groups excluding carboxylic acids is 1. The quantitative estimate of drug-likeness (QED) is 0.742. The highest BCUT2D eigenvalue weighted by Gasteiger charge is 2.15. The van der Waals surface area contributed by atoms with Crippen LogP contribution in [0.25, 0.3) is 0 Å². The predicted octanol–water partition coefficient (Wildman–Crippen LogP) is 0.536. The molecule has 0 aromatic heterocycles. The van der Waals surface area contributed by atoms with Gasteiger partial charge >= 0.3 is 0 Å². The number of likely N-dealkylation sites (tertiary alicyclic amines) is 1. The lowest BCUT2D eigenvalue weighted by Crippen LogP contribution is -2.38. The second kappa shape index (κ2) is 5.55. The van der Waals surface area contributed by atoms with Gasteiger partial charge in [0, 0.05) is 26.1 Å². The summed E-state index contributed by atoms with van der Waals surface area (Å²) < 4.78 is 0. The minimum Gasteiger partial charge on any atom is -0.341 e. The summed E-state index contributed by atoms with van der Waals surface area (Å²) in [6.07, 6.45) is 2.92. The van der Waals surface area contributed by atoms with Gasteiger partial charge in [0.1, 0.15) is 0 Å². The Morgan fingerprint density at radius 3 is 2.73 bits per heavy atom. The number of piperidine rings is 1. The molecular weight excluding hydrogens is 208 g/mol. The van der Waals surface area contributed by atoms with Crippen molar-refractivity contribution in [1.82, 2.24) is 4.90 Å². The first-order valence-electron chi connectivity index (χ1n) is 3.82. The van der Waals surface area contributed by atoms with E-state index in [0.717, 1.165) is 32.4 Å². The van der Waals surface area contributed by atoms with Crippen LogP contribution < -0.4 is 5.73 Å². The van der Waals surface area contributed by atoms with Crippen LogP contribution in [0.2, 0.25) is 0 Å². The molecule has 0 radical (unpaired) electrons. The molecule has 4 heteroatoms. The van der Waals surface area contributed by atoms with Crippen molar-refractivity contribution < 1.29 is 4.79 Å². The van der Waals surface area contributed by atoms with Crippen molar-refractivity contribution in [2.45, 2.75) is 19.3 Å². The Hall–Kier alpha value is -0.0900. The normalized spacial score (nSPS) is 17.9. The van der Waals surface area contributed by atoms with E-state index in [-0.39, 0.29) is 22.9 Å². The molecule has 0 atom stereocenters. The zero-order valence-corrected chi connectivity index (χ0v) is 8.30. The van der Waals surface area contributed by atoms with Crippen LogP contribution in [-0.2, 0) is 4.79 Å². The number of hydrogen-bond donors (Lipinski definition) is 1. The molecule has 1 aliphatic heterocycles. The molecule has 11 heavy (non-hydrogen) atoms. The molecule has 1 saturated heterocycles. The maximum atomic E-state index is 11.1. The van der Waals surface area contributed by atoms with Gasteiger partial charge in [-0.1, -0.05) is 0 Å². The third kappa shape index (κ3) is 3.20.